The fourth-order valence-corrected chi connectivity index (χ4v) is 3.20. The van der Waals surface area contributed by atoms with Gasteiger partial charge in [-0.25, -0.2) is 17.5 Å². The van der Waals surface area contributed by atoms with Crippen molar-refractivity contribution in [2.45, 2.75) is 23.8 Å². The molecule has 1 aliphatic carbocycles. The van der Waals surface area contributed by atoms with Crippen molar-refractivity contribution in [2.75, 3.05) is 6.54 Å². The van der Waals surface area contributed by atoms with Crippen LogP contribution in [-0.4, -0.2) is 21.0 Å². The van der Waals surface area contributed by atoms with Gasteiger partial charge in [-0.2, -0.15) is 5.26 Å². The number of benzene rings is 1. The zero-order chi connectivity index (χ0) is 14.0. The quantitative estimate of drug-likeness (QED) is 0.832. The molecule has 1 aromatic rings. The van der Waals surface area contributed by atoms with Gasteiger partial charge in [0.1, 0.15) is 11.9 Å². The molecular weight excluding hydrogens is 269 g/mol. The molecule has 0 saturated heterocycles. The second-order valence-corrected chi connectivity index (χ2v) is 6.27. The minimum atomic E-state index is -3.77. The summed E-state index contributed by atoms with van der Waals surface area (Å²) in [5, 5.41) is 8.71. The van der Waals surface area contributed by atoms with Crippen LogP contribution >= 0.6 is 0 Å². The molecule has 0 aliphatic heterocycles. The Morgan fingerprint density at radius 1 is 1.53 bits per heavy atom. The predicted octanol–water partition coefficient (Wildman–Crippen LogP) is 0.713. The first-order chi connectivity index (χ1) is 8.97. The summed E-state index contributed by atoms with van der Waals surface area (Å²) in [6, 6.07) is 4.45. The van der Waals surface area contributed by atoms with Crippen LogP contribution in [0.4, 0.5) is 4.39 Å². The number of sulfonamides is 1. The third kappa shape index (κ3) is 3.10. The lowest BCUT2D eigenvalue weighted by atomic mass is 10.2. The number of halogens is 1. The van der Waals surface area contributed by atoms with Crippen LogP contribution in [0.5, 0.6) is 0 Å². The molecule has 7 heteroatoms. The highest BCUT2D eigenvalue weighted by molar-refractivity contribution is 7.89. The van der Waals surface area contributed by atoms with Crippen LogP contribution < -0.4 is 10.5 Å². The van der Waals surface area contributed by atoms with Gasteiger partial charge in [0.2, 0.25) is 10.0 Å². The molecule has 19 heavy (non-hydrogen) atoms. The molecule has 3 N–H and O–H groups in total. The molecule has 0 heterocycles. The summed E-state index contributed by atoms with van der Waals surface area (Å²) in [4.78, 5) is -0.121. The van der Waals surface area contributed by atoms with E-state index in [0.717, 1.165) is 31.0 Å². The first-order valence-corrected chi connectivity index (χ1v) is 7.38. The molecule has 1 atom stereocenters. The van der Waals surface area contributed by atoms with E-state index in [-0.39, 0.29) is 29.0 Å². The lowest BCUT2D eigenvalue weighted by molar-refractivity contribution is 0.519. The largest absolute Gasteiger partial charge is 0.329 e. The molecule has 1 aromatic carbocycles. The highest BCUT2D eigenvalue weighted by Gasteiger charge is 2.33. The standard InChI is InChI=1S/C12H14FN3O2S/c13-11-4-3-10(5-9(11)6-14)19(17,18)16-12(7-15)8-1-2-8/h3-5,8,12,16H,1-2,7,15H2. The number of rotatable bonds is 5. The number of nitrogens with two attached hydrogens (primary N) is 1. The fraction of sp³-hybridized carbons (Fsp3) is 0.417. The number of nitriles is 1. The maximum Gasteiger partial charge on any atom is 0.240 e. The van der Waals surface area contributed by atoms with Gasteiger partial charge < -0.3 is 5.73 Å². The van der Waals surface area contributed by atoms with Gasteiger partial charge in [0.05, 0.1) is 10.5 Å². The molecule has 0 radical (unpaired) electrons. The zero-order valence-corrected chi connectivity index (χ0v) is 11.0. The van der Waals surface area contributed by atoms with Crippen molar-refractivity contribution in [3.05, 3.63) is 29.6 Å². The second kappa shape index (κ2) is 5.25. The minimum absolute atomic E-state index is 0.121. The van der Waals surface area contributed by atoms with Crippen molar-refractivity contribution < 1.29 is 12.8 Å². The first-order valence-electron chi connectivity index (χ1n) is 5.90. The summed E-state index contributed by atoms with van der Waals surface area (Å²) in [7, 11) is -3.77. The summed E-state index contributed by atoms with van der Waals surface area (Å²) in [6.07, 6.45) is 1.91. The van der Waals surface area contributed by atoms with Crippen LogP contribution in [0.2, 0.25) is 0 Å². The molecule has 1 saturated carbocycles. The molecule has 102 valence electrons. The molecule has 1 aliphatic rings. The molecule has 5 nitrogen and oxygen atoms in total. The van der Waals surface area contributed by atoms with Gasteiger partial charge in [0, 0.05) is 12.6 Å². The molecular formula is C12H14FN3O2S. The van der Waals surface area contributed by atoms with Crippen LogP contribution in [0, 0.1) is 23.1 Å². The van der Waals surface area contributed by atoms with E-state index < -0.39 is 15.8 Å². The van der Waals surface area contributed by atoms with Crippen molar-refractivity contribution in [2.24, 2.45) is 11.7 Å². The van der Waals surface area contributed by atoms with Gasteiger partial charge in [-0.05, 0) is 37.0 Å². The van der Waals surface area contributed by atoms with Gasteiger partial charge in [-0.15, -0.1) is 0 Å². The Bertz CT molecular complexity index is 620. The maximum absolute atomic E-state index is 13.2. The van der Waals surface area contributed by atoms with Crippen molar-refractivity contribution in [3.63, 3.8) is 0 Å². The summed E-state index contributed by atoms with van der Waals surface area (Å²) >= 11 is 0. The Morgan fingerprint density at radius 2 is 2.21 bits per heavy atom. The highest BCUT2D eigenvalue weighted by Crippen LogP contribution is 2.32. The van der Waals surface area contributed by atoms with Crippen molar-refractivity contribution in [3.8, 4) is 6.07 Å². The Balaban J connectivity index is 2.26. The number of hydrogen-bond donors (Lipinski definition) is 2. The number of nitrogens with one attached hydrogen (secondary N) is 1. The Labute approximate surface area is 111 Å². The van der Waals surface area contributed by atoms with E-state index in [9.17, 15) is 12.8 Å². The van der Waals surface area contributed by atoms with Gasteiger partial charge in [-0.3, -0.25) is 0 Å². The van der Waals surface area contributed by atoms with E-state index in [1.54, 1.807) is 6.07 Å². The molecule has 0 aromatic heterocycles. The summed E-state index contributed by atoms with van der Waals surface area (Å²) in [5.41, 5.74) is 5.25. The van der Waals surface area contributed by atoms with Crippen molar-refractivity contribution >= 4 is 10.0 Å². The van der Waals surface area contributed by atoms with E-state index in [1.165, 1.54) is 0 Å². The van der Waals surface area contributed by atoms with Crippen LogP contribution in [0.15, 0.2) is 23.1 Å². The minimum Gasteiger partial charge on any atom is -0.329 e. The molecule has 0 bridgehead atoms. The second-order valence-electron chi connectivity index (χ2n) is 4.55. The van der Waals surface area contributed by atoms with Crippen LogP contribution in [0.25, 0.3) is 0 Å². The molecule has 0 spiro atoms. The normalized spacial score (nSPS) is 16.9. The van der Waals surface area contributed by atoms with Crippen molar-refractivity contribution in [1.29, 1.82) is 5.26 Å². The van der Waals surface area contributed by atoms with E-state index >= 15 is 0 Å². The smallest absolute Gasteiger partial charge is 0.240 e. The fourth-order valence-electron chi connectivity index (χ4n) is 1.86. The SMILES string of the molecule is N#Cc1cc(S(=O)(=O)NC(CN)C2CC2)ccc1F. The summed E-state index contributed by atoms with van der Waals surface area (Å²) in [5.74, 6) is -0.463. The van der Waals surface area contributed by atoms with Crippen LogP contribution in [0.3, 0.4) is 0 Å². The zero-order valence-electron chi connectivity index (χ0n) is 10.1. The lowest BCUT2D eigenvalue weighted by Gasteiger charge is -2.16. The molecule has 1 unspecified atom stereocenters. The highest BCUT2D eigenvalue weighted by atomic mass is 32.2. The average Bonchev–Trinajstić information content (AvgIpc) is 3.20. The third-order valence-electron chi connectivity index (χ3n) is 3.12. The maximum atomic E-state index is 13.2. The van der Waals surface area contributed by atoms with Gasteiger partial charge in [0.15, 0.2) is 0 Å². The number of nitrogens with zero attached hydrogens (tertiary/aromatic N) is 1. The summed E-state index contributed by atoms with van der Waals surface area (Å²) < 4.78 is 39.9. The summed E-state index contributed by atoms with van der Waals surface area (Å²) in [6.45, 7) is 0.218. The molecule has 1 fully saturated rings. The first kappa shape index (κ1) is 13.9. The van der Waals surface area contributed by atoms with Gasteiger partial charge in [-0.1, -0.05) is 0 Å². The topological polar surface area (TPSA) is 96.0 Å². The van der Waals surface area contributed by atoms with Crippen molar-refractivity contribution in [1.82, 2.24) is 4.72 Å². The molecule has 0 amide bonds. The lowest BCUT2D eigenvalue weighted by Crippen LogP contribution is -2.41. The third-order valence-corrected chi connectivity index (χ3v) is 4.61. The molecule has 2 rings (SSSR count). The Morgan fingerprint density at radius 3 is 2.74 bits per heavy atom. The Hall–Kier alpha value is -1.49. The number of hydrogen-bond acceptors (Lipinski definition) is 4. The average molecular weight is 283 g/mol. The van der Waals surface area contributed by atoms with Gasteiger partial charge >= 0.3 is 0 Å². The van der Waals surface area contributed by atoms with E-state index in [1.807, 2.05) is 0 Å². The van der Waals surface area contributed by atoms with E-state index in [0.29, 0.717) is 0 Å². The van der Waals surface area contributed by atoms with E-state index in [4.69, 9.17) is 11.0 Å². The predicted molar refractivity (Wildman–Crippen MR) is 67.0 cm³/mol. The van der Waals surface area contributed by atoms with Crippen LogP contribution in [0.1, 0.15) is 18.4 Å². The van der Waals surface area contributed by atoms with E-state index in [2.05, 4.69) is 4.72 Å². The monoisotopic (exact) mass is 283 g/mol. The Kier molecular flexibility index (Phi) is 3.85. The van der Waals surface area contributed by atoms with Crippen LogP contribution in [-0.2, 0) is 10.0 Å². The van der Waals surface area contributed by atoms with Gasteiger partial charge in [0.25, 0.3) is 0 Å².